The molecule has 0 aliphatic heterocycles. The van der Waals surface area contributed by atoms with E-state index in [9.17, 15) is 0 Å². The van der Waals surface area contributed by atoms with Gasteiger partial charge in [-0.05, 0) is 69.4 Å². The van der Waals surface area contributed by atoms with E-state index < -0.39 is 0 Å². The van der Waals surface area contributed by atoms with Crippen molar-refractivity contribution in [3.63, 3.8) is 0 Å². The van der Waals surface area contributed by atoms with E-state index >= 15 is 0 Å². The first kappa shape index (κ1) is 9.89. The summed E-state index contributed by atoms with van der Waals surface area (Å²) < 4.78 is 2.53. The lowest BCUT2D eigenvalue weighted by Gasteiger charge is -1.92. The molecule has 0 radical (unpaired) electrons. The van der Waals surface area contributed by atoms with E-state index in [0.29, 0.717) is 0 Å². The van der Waals surface area contributed by atoms with Gasteiger partial charge in [-0.25, -0.2) is 0 Å². The van der Waals surface area contributed by atoms with Crippen LogP contribution in [0.1, 0.15) is 0 Å². The monoisotopic (exact) mass is 419 g/mol. The molecule has 0 atom stereocenters. The third-order valence-corrected chi connectivity index (χ3v) is 3.86. The minimum atomic E-state index is 1.22. The number of aromatic nitrogens is 1. The fourth-order valence-corrected chi connectivity index (χ4v) is 2.84. The zero-order valence-corrected chi connectivity index (χ0v) is 12.0. The summed E-state index contributed by atoms with van der Waals surface area (Å²) in [5.41, 5.74) is 2.44. The number of aromatic amines is 1. The van der Waals surface area contributed by atoms with Gasteiger partial charge in [0.15, 0.2) is 0 Å². The largest absolute Gasteiger partial charge is 0.354 e. The summed E-state index contributed by atoms with van der Waals surface area (Å²) in [4.78, 5) is 3.45. The molecule has 0 fully saturated rings. The SMILES string of the molecule is Ic1ccc2c(c1)[nH]c1cc(I)ccc12. The van der Waals surface area contributed by atoms with Crippen LogP contribution < -0.4 is 0 Å². The number of halogens is 2. The van der Waals surface area contributed by atoms with E-state index in [1.165, 1.54) is 28.9 Å². The molecular weight excluding hydrogens is 412 g/mol. The standard InChI is InChI=1S/C12H7I2N/c13-7-1-3-9-10-4-2-8(14)6-12(10)15-11(9)5-7/h1-6,15H. The first-order valence-electron chi connectivity index (χ1n) is 4.60. The highest BCUT2D eigenvalue weighted by atomic mass is 127. The maximum Gasteiger partial charge on any atom is 0.0475 e. The van der Waals surface area contributed by atoms with Crippen LogP contribution in [0.25, 0.3) is 21.8 Å². The Kier molecular flexibility index (Phi) is 2.39. The Morgan fingerprint density at radius 1 is 0.733 bits per heavy atom. The van der Waals surface area contributed by atoms with Crippen LogP contribution >= 0.6 is 45.2 Å². The van der Waals surface area contributed by atoms with E-state index in [0.717, 1.165) is 0 Å². The lowest BCUT2D eigenvalue weighted by atomic mass is 10.2. The van der Waals surface area contributed by atoms with Crippen molar-refractivity contribution in [2.45, 2.75) is 0 Å². The fourth-order valence-electron chi connectivity index (χ4n) is 1.85. The molecule has 1 N–H and O–H groups in total. The van der Waals surface area contributed by atoms with Crippen molar-refractivity contribution in [1.82, 2.24) is 4.98 Å². The van der Waals surface area contributed by atoms with Crippen LogP contribution in [0.5, 0.6) is 0 Å². The minimum absolute atomic E-state index is 1.22. The lowest BCUT2D eigenvalue weighted by Crippen LogP contribution is -1.70. The number of benzene rings is 2. The van der Waals surface area contributed by atoms with Crippen molar-refractivity contribution in [3.05, 3.63) is 43.5 Å². The summed E-state index contributed by atoms with van der Waals surface area (Å²) >= 11 is 4.68. The first-order chi connectivity index (χ1) is 7.24. The molecule has 2 aromatic carbocycles. The molecule has 0 spiro atoms. The van der Waals surface area contributed by atoms with Crippen LogP contribution in [-0.4, -0.2) is 4.98 Å². The molecule has 0 saturated carbocycles. The molecule has 0 saturated heterocycles. The molecule has 3 rings (SSSR count). The van der Waals surface area contributed by atoms with Crippen molar-refractivity contribution in [2.24, 2.45) is 0 Å². The molecule has 1 aromatic heterocycles. The molecule has 15 heavy (non-hydrogen) atoms. The summed E-state index contributed by atoms with van der Waals surface area (Å²) in [5.74, 6) is 0. The fraction of sp³-hybridized carbons (Fsp3) is 0. The van der Waals surface area contributed by atoms with Crippen LogP contribution in [0.4, 0.5) is 0 Å². The van der Waals surface area contributed by atoms with Gasteiger partial charge in [-0.3, -0.25) is 0 Å². The second-order valence-electron chi connectivity index (χ2n) is 3.50. The molecule has 0 bridgehead atoms. The smallest absolute Gasteiger partial charge is 0.0475 e. The summed E-state index contributed by atoms with van der Waals surface area (Å²) in [6.45, 7) is 0. The van der Waals surface area contributed by atoms with Gasteiger partial charge in [0.1, 0.15) is 0 Å². The maximum atomic E-state index is 3.45. The van der Waals surface area contributed by atoms with Crippen LogP contribution in [0.15, 0.2) is 36.4 Å². The van der Waals surface area contributed by atoms with E-state index in [1.807, 2.05) is 0 Å². The Hall–Kier alpha value is -0.300. The number of rotatable bonds is 0. The van der Waals surface area contributed by atoms with Crippen molar-refractivity contribution in [1.29, 1.82) is 0 Å². The Morgan fingerprint density at radius 3 is 1.67 bits per heavy atom. The molecule has 0 aliphatic carbocycles. The first-order valence-corrected chi connectivity index (χ1v) is 6.76. The maximum absolute atomic E-state index is 3.45. The highest BCUT2D eigenvalue weighted by molar-refractivity contribution is 14.1. The number of fused-ring (bicyclic) bond motifs is 3. The van der Waals surface area contributed by atoms with Crippen LogP contribution in [0, 0.1) is 7.14 Å². The van der Waals surface area contributed by atoms with E-state index in [2.05, 4.69) is 86.6 Å². The Morgan fingerprint density at radius 2 is 1.20 bits per heavy atom. The molecule has 0 amide bonds. The molecule has 3 aromatic rings. The zero-order chi connectivity index (χ0) is 10.4. The summed E-state index contributed by atoms with van der Waals surface area (Å²) in [5, 5.41) is 2.61. The molecule has 74 valence electrons. The molecule has 0 aliphatic rings. The van der Waals surface area contributed by atoms with E-state index in [1.54, 1.807) is 0 Å². The molecule has 1 nitrogen and oxygen atoms in total. The molecule has 0 unspecified atom stereocenters. The van der Waals surface area contributed by atoms with E-state index in [4.69, 9.17) is 0 Å². The van der Waals surface area contributed by atoms with Gasteiger partial charge < -0.3 is 4.98 Å². The van der Waals surface area contributed by atoms with Gasteiger partial charge >= 0.3 is 0 Å². The predicted octanol–water partition coefficient (Wildman–Crippen LogP) is 4.53. The molecule has 3 heteroatoms. The predicted molar refractivity (Wildman–Crippen MR) is 81.2 cm³/mol. The summed E-state index contributed by atoms with van der Waals surface area (Å²) in [6.07, 6.45) is 0. The second-order valence-corrected chi connectivity index (χ2v) is 6.00. The number of nitrogens with one attached hydrogen (secondary N) is 1. The summed E-state index contributed by atoms with van der Waals surface area (Å²) in [7, 11) is 0. The van der Waals surface area contributed by atoms with Crippen molar-refractivity contribution in [2.75, 3.05) is 0 Å². The minimum Gasteiger partial charge on any atom is -0.354 e. The van der Waals surface area contributed by atoms with Gasteiger partial charge in [0.25, 0.3) is 0 Å². The molecule has 1 heterocycles. The zero-order valence-electron chi connectivity index (χ0n) is 7.72. The van der Waals surface area contributed by atoms with Crippen LogP contribution in [0.3, 0.4) is 0 Å². The average Bonchev–Trinajstić information content (AvgIpc) is 2.53. The lowest BCUT2D eigenvalue weighted by molar-refractivity contribution is 1.53. The Balaban J connectivity index is 2.51. The highest BCUT2D eigenvalue weighted by Crippen LogP contribution is 2.27. The third-order valence-electron chi connectivity index (χ3n) is 2.52. The van der Waals surface area contributed by atoms with Crippen LogP contribution in [0.2, 0.25) is 0 Å². The summed E-state index contributed by atoms with van der Waals surface area (Å²) in [6, 6.07) is 13.0. The Bertz CT molecular complexity index is 599. The van der Waals surface area contributed by atoms with Crippen molar-refractivity contribution < 1.29 is 0 Å². The number of hydrogen-bond donors (Lipinski definition) is 1. The highest BCUT2D eigenvalue weighted by Gasteiger charge is 2.04. The number of hydrogen-bond acceptors (Lipinski definition) is 0. The van der Waals surface area contributed by atoms with Gasteiger partial charge in [-0.2, -0.15) is 0 Å². The third kappa shape index (κ3) is 1.65. The average molecular weight is 419 g/mol. The Labute approximate surface area is 115 Å². The van der Waals surface area contributed by atoms with Gasteiger partial charge in [0.2, 0.25) is 0 Å². The molecular formula is C12H7I2N. The quantitative estimate of drug-likeness (QED) is 0.516. The van der Waals surface area contributed by atoms with Gasteiger partial charge in [0.05, 0.1) is 0 Å². The van der Waals surface area contributed by atoms with Crippen molar-refractivity contribution >= 4 is 67.0 Å². The van der Waals surface area contributed by atoms with Gasteiger partial charge in [-0.15, -0.1) is 0 Å². The topological polar surface area (TPSA) is 15.8 Å². The van der Waals surface area contributed by atoms with Gasteiger partial charge in [0, 0.05) is 28.9 Å². The second kappa shape index (κ2) is 3.62. The van der Waals surface area contributed by atoms with E-state index in [-0.39, 0.29) is 0 Å². The number of H-pyrrole nitrogens is 1. The van der Waals surface area contributed by atoms with Gasteiger partial charge in [-0.1, -0.05) is 12.1 Å². The van der Waals surface area contributed by atoms with Crippen LogP contribution in [-0.2, 0) is 0 Å². The normalized spacial score (nSPS) is 11.3. The van der Waals surface area contributed by atoms with Crippen molar-refractivity contribution in [3.8, 4) is 0 Å².